The molecular weight excluding hydrogens is 122 g/mol. The predicted octanol–water partition coefficient (Wildman–Crippen LogP) is 1.69. The van der Waals surface area contributed by atoms with Gasteiger partial charge in [0, 0.05) is 12.5 Å². The van der Waals surface area contributed by atoms with Crippen LogP contribution in [0.2, 0.25) is 0 Å². The molecule has 1 unspecified atom stereocenters. The van der Waals surface area contributed by atoms with Crippen LogP contribution in [0.15, 0.2) is 12.2 Å². The quantitative estimate of drug-likeness (QED) is 0.356. The Labute approximate surface area is 63.3 Å². The maximum Gasteiger partial charge on any atom is 0.0194 e. The van der Waals surface area contributed by atoms with Crippen molar-refractivity contribution >= 4 is 0 Å². The molecule has 0 aliphatic heterocycles. The van der Waals surface area contributed by atoms with Crippen LogP contribution in [0.1, 0.15) is 26.2 Å². The minimum absolute atomic E-state index is 0.172. The van der Waals surface area contributed by atoms with Gasteiger partial charge in [-0.2, -0.15) is 0 Å². The van der Waals surface area contributed by atoms with Crippen molar-refractivity contribution in [3.63, 3.8) is 0 Å². The SMILES string of the molecule is C#CCCC/C=C\C(C)N. The monoisotopic (exact) mass is 137 g/mol. The molecule has 1 atom stereocenters. The first-order chi connectivity index (χ1) is 4.77. The molecule has 0 aromatic heterocycles. The fraction of sp³-hybridized carbons (Fsp3) is 0.556. The number of nitrogens with two attached hydrogens (primary N) is 1. The van der Waals surface area contributed by atoms with Gasteiger partial charge < -0.3 is 5.73 Å². The molecule has 0 spiro atoms. The lowest BCUT2D eigenvalue weighted by Gasteiger charge is -1.93. The summed E-state index contributed by atoms with van der Waals surface area (Å²) in [5.41, 5.74) is 5.48. The van der Waals surface area contributed by atoms with Gasteiger partial charge in [0.25, 0.3) is 0 Å². The second-order valence-corrected chi connectivity index (χ2v) is 2.38. The molecule has 0 rings (SSSR count). The second kappa shape index (κ2) is 6.38. The molecule has 0 saturated heterocycles. The minimum Gasteiger partial charge on any atom is -0.325 e. The number of hydrogen-bond acceptors (Lipinski definition) is 1. The van der Waals surface area contributed by atoms with E-state index in [9.17, 15) is 0 Å². The zero-order chi connectivity index (χ0) is 7.82. The van der Waals surface area contributed by atoms with E-state index in [1.165, 1.54) is 0 Å². The smallest absolute Gasteiger partial charge is 0.0194 e. The van der Waals surface area contributed by atoms with Gasteiger partial charge in [-0.3, -0.25) is 0 Å². The summed E-state index contributed by atoms with van der Waals surface area (Å²) in [5.74, 6) is 2.59. The molecule has 56 valence electrons. The van der Waals surface area contributed by atoms with E-state index in [4.69, 9.17) is 12.2 Å². The van der Waals surface area contributed by atoms with Crippen LogP contribution in [0.3, 0.4) is 0 Å². The lowest BCUT2D eigenvalue weighted by Crippen LogP contribution is -2.09. The average molecular weight is 137 g/mol. The van der Waals surface area contributed by atoms with Crippen molar-refractivity contribution in [1.29, 1.82) is 0 Å². The first-order valence-corrected chi connectivity index (χ1v) is 3.63. The van der Waals surface area contributed by atoms with Gasteiger partial charge in [-0.15, -0.1) is 12.3 Å². The third kappa shape index (κ3) is 7.26. The molecule has 0 aliphatic rings. The van der Waals surface area contributed by atoms with Crippen molar-refractivity contribution in [3.05, 3.63) is 12.2 Å². The van der Waals surface area contributed by atoms with Crippen molar-refractivity contribution in [3.8, 4) is 12.3 Å². The number of rotatable bonds is 4. The maximum absolute atomic E-state index is 5.48. The number of unbranched alkanes of at least 4 members (excludes halogenated alkanes) is 2. The highest BCUT2D eigenvalue weighted by Crippen LogP contribution is 1.95. The fourth-order valence-electron chi connectivity index (χ4n) is 0.633. The van der Waals surface area contributed by atoms with Crippen molar-refractivity contribution in [2.75, 3.05) is 0 Å². The summed E-state index contributed by atoms with van der Waals surface area (Å²) in [6.07, 6.45) is 12.1. The van der Waals surface area contributed by atoms with Crippen LogP contribution < -0.4 is 5.73 Å². The van der Waals surface area contributed by atoms with Crippen LogP contribution >= 0.6 is 0 Å². The van der Waals surface area contributed by atoms with Crippen LogP contribution in [0.4, 0.5) is 0 Å². The Bertz CT molecular complexity index is 128. The van der Waals surface area contributed by atoms with Crippen molar-refractivity contribution in [2.24, 2.45) is 5.73 Å². The third-order valence-corrected chi connectivity index (χ3v) is 1.13. The van der Waals surface area contributed by atoms with E-state index in [1.807, 2.05) is 13.0 Å². The molecular formula is C9H15N. The molecule has 0 heterocycles. The molecule has 2 N–H and O–H groups in total. The van der Waals surface area contributed by atoms with Gasteiger partial charge in [0.05, 0.1) is 0 Å². The summed E-state index contributed by atoms with van der Waals surface area (Å²) < 4.78 is 0. The Morgan fingerprint density at radius 1 is 1.70 bits per heavy atom. The highest BCUT2D eigenvalue weighted by atomic mass is 14.6. The van der Waals surface area contributed by atoms with Gasteiger partial charge in [0.15, 0.2) is 0 Å². The van der Waals surface area contributed by atoms with Crippen LogP contribution in [0.5, 0.6) is 0 Å². The summed E-state index contributed by atoms with van der Waals surface area (Å²) in [6, 6.07) is 0.172. The Morgan fingerprint density at radius 3 is 2.90 bits per heavy atom. The van der Waals surface area contributed by atoms with Crippen molar-refractivity contribution in [2.45, 2.75) is 32.2 Å². The molecule has 1 nitrogen and oxygen atoms in total. The summed E-state index contributed by atoms with van der Waals surface area (Å²) in [5, 5.41) is 0. The molecule has 1 heteroatoms. The van der Waals surface area contributed by atoms with E-state index in [0.29, 0.717) is 0 Å². The van der Waals surface area contributed by atoms with Gasteiger partial charge in [0.2, 0.25) is 0 Å². The Balaban J connectivity index is 3.12. The van der Waals surface area contributed by atoms with E-state index < -0.39 is 0 Å². The molecule has 0 aromatic rings. The van der Waals surface area contributed by atoms with E-state index in [-0.39, 0.29) is 6.04 Å². The van der Waals surface area contributed by atoms with Crippen LogP contribution in [0.25, 0.3) is 0 Å². The molecule has 0 radical (unpaired) electrons. The van der Waals surface area contributed by atoms with E-state index in [0.717, 1.165) is 19.3 Å². The highest BCUT2D eigenvalue weighted by molar-refractivity contribution is 4.90. The zero-order valence-electron chi connectivity index (χ0n) is 6.51. The van der Waals surface area contributed by atoms with Gasteiger partial charge in [-0.1, -0.05) is 12.2 Å². The predicted molar refractivity (Wildman–Crippen MR) is 45.5 cm³/mol. The van der Waals surface area contributed by atoms with E-state index in [2.05, 4.69) is 12.0 Å². The molecule has 0 aromatic carbocycles. The first-order valence-electron chi connectivity index (χ1n) is 3.63. The number of hydrogen-bond donors (Lipinski definition) is 1. The van der Waals surface area contributed by atoms with Gasteiger partial charge in [-0.25, -0.2) is 0 Å². The van der Waals surface area contributed by atoms with Crippen molar-refractivity contribution < 1.29 is 0 Å². The van der Waals surface area contributed by atoms with Gasteiger partial charge in [-0.05, 0) is 19.8 Å². The number of allylic oxidation sites excluding steroid dienone is 1. The van der Waals surface area contributed by atoms with Crippen LogP contribution in [0, 0.1) is 12.3 Å². The second-order valence-electron chi connectivity index (χ2n) is 2.38. The molecule has 0 bridgehead atoms. The van der Waals surface area contributed by atoms with Crippen LogP contribution in [-0.2, 0) is 0 Å². The summed E-state index contributed by atoms with van der Waals surface area (Å²) in [7, 11) is 0. The van der Waals surface area contributed by atoms with Gasteiger partial charge in [0.1, 0.15) is 0 Å². The van der Waals surface area contributed by atoms with E-state index in [1.54, 1.807) is 0 Å². The lowest BCUT2D eigenvalue weighted by atomic mass is 10.2. The number of terminal acetylenes is 1. The largest absolute Gasteiger partial charge is 0.325 e. The van der Waals surface area contributed by atoms with Gasteiger partial charge >= 0.3 is 0 Å². The third-order valence-electron chi connectivity index (χ3n) is 1.13. The summed E-state index contributed by atoms with van der Waals surface area (Å²) >= 11 is 0. The highest BCUT2D eigenvalue weighted by Gasteiger charge is 1.82. The Morgan fingerprint density at radius 2 is 2.40 bits per heavy atom. The van der Waals surface area contributed by atoms with E-state index >= 15 is 0 Å². The maximum atomic E-state index is 5.48. The summed E-state index contributed by atoms with van der Waals surface area (Å²) in [4.78, 5) is 0. The molecule has 0 fully saturated rings. The van der Waals surface area contributed by atoms with Crippen molar-refractivity contribution in [1.82, 2.24) is 0 Å². The first kappa shape index (κ1) is 9.26. The van der Waals surface area contributed by atoms with Crippen LogP contribution in [-0.4, -0.2) is 6.04 Å². The Hall–Kier alpha value is -0.740. The summed E-state index contributed by atoms with van der Waals surface area (Å²) in [6.45, 7) is 1.96. The topological polar surface area (TPSA) is 26.0 Å². The Kier molecular flexibility index (Phi) is 5.91. The molecule has 0 saturated carbocycles. The zero-order valence-corrected chi connectivity index (χ0v) is 6.51. The standard InChI is InChI=1S/C9H15N/c1-3-4-5-6-7-8-9(2)10/h1,7-9H,4-6,10H2,2H3/b8-7-. The fourth-order valence-corrected chi connectivity index (χ4v) is 0.633. The molecule has 0 amide bonds. The molecule has 0 aliphatic carbocycles. The lowest BCUT2D eigenvalue weighted by molar-refractivity contribution is 0.863. The average Bonchev–Trinajstić information content (AvgIpc) is 1.87. The molecule has 10 heavy (non-hydrogen) atoms. The normalized spacial score (nSPS) is 13.3. The minimum atomic E-state index is 0.172.